The highest BCUT2D eigenvalue weighted by molar-refractivity contribution is 6.35. The largest absolute Gasteiger partial charge is 0.495 e. The summed E-state index contributed by atoms with van der Waals surface area (Å²) in [6.07, 6.45) is 0.807. The molecule has 0 saturated heterocycles. The minimum atomic E-state index is -0.608. The summed E-state index contributed by atoms with van der Waals surface area (Å²) in [6.45, 7) is 6.06. The number of nitriles is 1. The van der Waals surface area contributed by atoms with Crippen molar-refractivity contribution in [2.24, 2.45) is 5.10 Å². The summed E-state index contributed by atoms with van der Waals surface area (Å²) in [7, 11) is 1.52. The zero-order valence-electron chi connectivity index (χ0n) is 12.4. The average molecular weight is 326 g/mol. The molecule has 0 amide bonds. The number of hydrogen-bond donors (Lipinski definition) is 0. The van der Waals surface area contributed by atoms with E-state index < -0.39 is 6.04 Å². The molecule has 112 valence electrons. The van der Waals surface area contributed by atoms with Gasteiger partial charge in [-0.05, 0) is 32.9 Å². The highest BCUT2D eigenvalue weighted by atomic mass is 35.5. The molecule has 1 aromatic carbocycles. The SMILES string of the molecule is COc1c(Cl)cc(Cl)cc1[C@@H](C#N)N1N=C(C)CC1(C)C. The van der Waals surface area contributed by atoms with Crippen LogP contribution in [-0.2, 0) is 0 Å². The molecule has 1 aliphatic heterocycles. The number of halogens is 2. The Balaban J connectivity index is 2.56. The molecule has 0 unspecified atom stereocenters. The van der Waals surface area contributed by atoms with Crippen molar-refractivity contribution in [2.75, 3.05) is 7.11 Å². The lowest BCUT2D eigenvalue weighted by Gasteiger charge is -2.34. The first kappa shape index (κ1) is 15.9. The molecule has 1 aromatic rings. The third kappa shape index (κ3) is 2.95. The molecule has 0 spiro atoms. The van der Waals surface area contributed by atoms with Gasteiger partial charge in [0.05, 0.1) is 23.7 Å². The Labute approximate surface area is 134 Å². The fourth-order valence-corrected chi connectivity index (χ4v) is 3.31. The third-order valence-corrected chi connectivity index (χ3v) is 3.99. The zero-order valence-corrected chi connectivity index (χ0v) is 14.0. The lowest BCUT2D eigenvalue weighted by atomic mass is 9.95. The molecule has 1 aliphatic rings. The maximum atomic E-state index is 9.66. The van der Waals surface area contributed by atoms with E-state index >= 15 is 0 Å². The Hall–Kier alpha value is -1.44. The predicted molar refractivity (Wildman–Crippen MR) is 85.0 cm³/mol. The fraction of sp³-hybridized carbons (Fsp3) is 0.467. The van der Waals surface area contributed by atoms with Gasteiger partial charge in [0.25, 0.3) is 0 Å². The summed E-state index contributed by atoms with van der Waals surface area (Å²) in [5, 5.41) is 16.8. The van der Waals surface area contributed by atoms with Crippen LogP contribution < -0.4 is 4.74 Å². The summed E-state index contributed by atoms with van der Waals surface area (Å²) >= 11 is 12.3. The van der Waals surface area contributed by atoms with Crippen LogP contribution in [0.3, 0.4) is 0 Å². The standard InChI is InChI=1S/C15H17Cl2N3O/c1-9-7-15(2,3)20(19-9)13(8-18)11-5-10(16)6-12(17)14(11)21-4/h5-6,13H,7H2,1-4H3/t13-/m1/s1. The minimum Gasteiger partial charge on any atom is -0.495 e. The van der Waals surface area contributed by atoms with Gasteiger partial charge in [0.2, 0.25) is 0 Å². The van der Waals surface area contributed by atoms with Gasteiger partial charge in [-0.2, -0.15) is 10.4 Å². The van der Waals surface area contributed by atoms with Gasteiger partial charge in [0.15, 0.2) is 6.04 Å². The fourth-order valence-electron chi connectivity index (χ4n) is 2.72. The zero-order chi connectivity index (χ0) is 15.8. The Bertz CT molecular complexity index is 635. The number of nitrogens with zero attached hydrogens (tertiary/aromatic N) is 3. The van der Waals surface area contributed by atoms with Gasteiger partial charge >= 0.3 is 0 Å². The second-order valence-electron chi connectivity index (χ2n) is 5.71. The van der Waals surface area contributed by atoms with Crippen LogP contribution >= 0.6 is 23.2 Å². The first-order valence-corrected chi connectivity index (χ1v) is 7.31. The number of hydrogen-bond acceptors (Lipinski definition) is 4. The van der Waals surface area contributed by atoms with Crippen molar-refractivity contribution in [1.82, 2.24) is 5.01 Å². The van der Waals surface area contributed by atoms with E-state index in [1.165, 1.54) is 7.11 Å². The van der Waals surface area contributed by atoms with Gasteiger partial charge in [0, 0.05) is 22.7 Å². The Kier molecular flexibility index (Phi) is 4.36. The van der Waals surface area contributed by atoms with Gasteiger partial charge < -0.3 is 4.74 Å². The van der Waals surface area contributed by atoms with E-state index in [9.17, 15) is 5.26 Å². The van der Waals surface area contributed by atoms with Crippen LogP contribution in [0.15, 0.2) is 17.2 Å². The average Bonchev–Trinajstić information content (AvgIpc) is 2.63. The third-order valence-electron chi connectivity index (χ3n) is 3.49. The maximum Gasteiger partial charge on any atom is 0.162 e. The molecule has 4 nitrogen and oxygen atoms in total. The summed E-state index contributed by atoms with van der Waals surface area (Å²) in [5.41, 5.74) is 1.38. The van der Waals surface area contributed by atoms with Gasteiger partial charge in [-0.3, -0.25) is 5.01 Å². The molecular weight excluding hydrogens is 309 g/mol. The lowest BCUT2D eigenvalue weighted by molar-refractivity contribution is 0.121. The predicted octanol–water partition coefficient (Wildman–Crippen LogP) is 4.43. The topological polar surface area (TPSA) is 48.6 Å². The molecule has 1 heterocycles. The minimum absolute atomic E-state index is 0.246. The Morgan fingerprint density at radius 3 is 2.57 bits per heavy atom. The van der Waals surface area contributed by atoms with E-state index in [2.05, 4.69) is 25.0 Å². The number of hydrazone groups is 1. The number of rotatable bonds is 3. The van der Waals surface area contributed by atoms with Crippen molar-refractivity contribution < 1.29 is 4.74 Å². The Morgan fingerprint density at radius 2 is 2.10 bits per heavy atom. The molecule has 0 bridgehead atoms. The van der Waals surface area contributed by atoms with Crippen LogP contribution in [0.2, 0.25) is 10.0 Å². The molecule has 0 aliphatic carbocycles. The first-order chi connectivity index (χ1) is 9.80. The van der Waals surface area contributed by atoms with Gasteiger partial charge in [-0.15, -0.1) is 0 Å². The van der Waals surface area contributed by atoms with E-state index in [0.717, 1.165) is 12.1 Å². The molecular formula is C15H17Cl2N3O. The maximum absolute atomic E-state index is 9.66. The van der Waals surface area contributed by atoms with Crippen LogP contribution in [0.4, 0.5) is 0 Å². The van der Waals surface area contributed by atoms with Gasteiger partial charge in [-0.25, -0.2) is 0 Å². The summed E-state index contributed by atoms with van der Waals surface area (Å²) in [6, 6.07) is 4.99. The smallest absolute Gasteiger partial charge is 0.162 e. The van der Waals surface area contributed by atoms with E-state index in [0.29, 0.717) is 21.4 Å². The molecule has 0 aromatic heterocycles. The molecule has 1 atom stereocenters. The highest BCUT2D eigenvalue weighted by Gasteiger charge is 2.39. The van der Waals surface area contributed by atoms with E-state index in [-0.39, 0.29) is 5.54 Å². The van der Waals surface area contributed by atoms with Crippen LogP contribution in [0.5, 0.6) is 5.75 Å². The van der Waals surface area contributed by atoms with E-state index in [1.54, 1.807) is 17.1 Å². The molecule has 2 rings (SSSR count). The molecule has 0 fully saturated rings. The van der Waals surface area contributed by atoms with Crippen LogP contribution in [0, 0.1) is 11.3 Å². The normalized spacial score (nSPS) is 18.1. The summed E-state index contributed by atoms with van der Waals surface area (Å²) in [4.78, 5) is 0. The second-order valence-corrected chi connectivity index (χ2v) is 6.55. The van der Waals surface area contributed by atoms with E-state index in [4.69, 9.17) is 27.9 Å². The van der Waals surface area contributed by atoms with Crippen molar-refractivity contribution in [2.45, 2.75) is 38.8 Å². The van der Waals surface area contributed by atoms with Crippen LogP contribution in [0.1, 0.15) is 38.8 Å². The summed E-state index contributed by atoms with van der Waals surface area (Å²) in [5.74, 6) is 0.461. The monoisotopic (exact) mass is 325 g/mol. The first-order valence-electron chi connectivity index (χ1n) is 6.56. The van der Waals surface area contributed by atoms with Crippen molar-refractivity contribution in [3.63, 3.8) is 0 Å². The molecule has 0 N–H and O–H groups in total. The van der Waals surface area contributed by atoms with Crippen molar-refractivity contribution in [3.8, 4) is 11.8 Å². The quantitative estimate of drug-likeness (QED) is 0.826. The molecule has 6 heteroatoms. The number of methoxy groups -OCH3 is 1. The molecule has 0 saturated carbocycles. The number of ether oxygens (including phenoxy) is 1. The van der Waals surface area contributed by atoms with Crippen LogP contribution in [-0.4, -0.2) is 23.4 Å². The van der Waals surface area contributed by atoms with Crippen molar-refractivity contribution in [1.29, 1.82) is 5.26 Å². The van der Waals surface area contributed by atoms with E-state index in [1.807, 2.05) is 6.92 Å². The van der Waals surface area contributed by atoms with Crippen LogP contribution in [0.25, 0.3) is 0 Å². The highest BCUT2D eigenvalue weighted by Crippen LogP contribution is 2.42. The second kappa shape index (κ2) is 5.75. The van der Waals surface area contributed by atoms with Crippen molar-refractivity contribution >= 4 is 28.9 Å². The molecule has 21 heavy (non-hydrogen) atoms. The number of benzene rings is 1. The Morgan fingerprint density at radius 1 is 1.43 bits per heavy atom. The molecule has 0 radical (unpaired) electrons. The van der Waals surface area contributed by atoms with Gasteiger partial charge in [-0.1, -0.05) is 23.2 Å². The van der Waals surface area contributed by atoms with Gasteiger partial charge in [0.1, 0.15) is 5.75 Å². The summed E-state index contributed by atoms with van der Waals surface area (Å²) < 4.78 is 5.35. The lowest BCUT2D eigenvalue weighted by Crippen LogP contribution is -2.38. The van der Waals surface area contributed by atoms with Crippen molar-refractivity contribution in [3.05, 3.63) is 27.7 Å².